The summed E-state index contributed by atoms with van der Waals surface area (Å²) in [6.45, 7) is 9.94. The van der Waals surface area contributed by atoms with Crippen LogP contribution in [0.1, 0.15) is 30.5 Å². The average molecular weight is 420 g/mol. The highest BCUT2D eigenvalue weighted by atomic mass is 16.5. The van der Waals surface area contributed by atoms with Gasteiger partial charge in [-0.25, -0.2) is 5.16 Å². The zero-order valence-electron chi connectivity index (χ0n) is 18.6. The molecule has 0 saturated carbocycles. The van der Waals surface area contributed by atoms with Gasteiger partial charge >= 0.3 is 0 Å². The fourth-order valence-electron chi connectivity index (χ4n) is 3.43. The highest BCUT2D eigenvalue weighted by Crippen LogP contribution is 2.32. The van der Waals surface area contributed by atoms with E-state index < -0.39 is 0 Å². The van der Waals surface area contributed by atoms with Gasteiger partial charge < -0.3 is 20.0 Å². The third kappa shape index (κ3) is 5.69. The monoisotopic (exact) mass is 419 g/mol. The van der Waals surface area contributed by atoms with E-state index in [2.05, 4.69) is 16.2 Å². The molecule has 4 rings (SSSR count). The van der Waals surface area contributed by atoms with Crippen molar-refractivity contribution in [1.29, 1.82) is 0 Å². The Morgan fingerprint density at radius 2 is 1.61 bits per heavy atom. The van der Waals surface area contributed by atoms with Gasteiger partial charge in [-0.3, -0.25) is 4.79 Å². The Balaban J connectivity index is 0.000000254. The molecule has 0 aliphatic heterocycles. The van der Waals surface area contributed by atoms with Gasteiger partial charge in [0.15, 0.2) is 5.76 Å². The standard InChI is InChI=1S/C17H18N2O3.C8H11N/c1-10(2)21-14-7-12(15-9-19-22-15)6-13(8-14)16-11(3)4-5-18-17(16)20;1-6-3-7(2)5-8(9)4-6/h4-10,19H,1-3H3,(H,18,20);3-5H,9H2,1-2H3. The summed E-state index contributed by atoms with van der Waals surface area (Å²) >= 11 is 0. The lowest BCUT2D eigenvalue weighted by atomic mass is 9.99. The van der Waals surface area contributed by atoms with Gasteiger partial charge in [-0.05, 0) is 93.3 Å². The zero-order valence-corrected chi connectivity index (χ0v) is 18.6. The number of aromatic amines is 2. The zero-order chi connectivity index (χ0) is 22.5. The smallest absolute Gasteiger partial charge is 0.256 e. The van der Waals surface area contributed by atoms with Gasteiger partial charge in [0, 0.05) is 17.4 Å². The highest BCUT2D eigenvalue weighted by Gasteiger charge is 2.13. The van der Waals surface area contributed by atoms with E-state index in [1.165, 1.54) is 11.1 Å². The fraction of sp³-hybridized carbons (Fsp3) is 0.240. The molecule has 2 heterocycles. The molecule has 2 aromatic heterocycles. The van der Waals surface area contributed by atoms with Crippen LogP contribution in [0.3, 0.4) is 0 Å². The first kappa shape index (κ1) is 22.0. The van der Waals surface area contributed by atoms with Gasteiger partial charge in [-0.1, -0.05) is 6.07 Å². The first-order valence-electron chi connectivity index (χ1n) is 10.2. The predicted molar refractivity (Wildman–Crippen MR) is 125 cm³/mol. The van der Waals surface area contributed by atoms with Gasteiger partial charge in [0.1, 0.15) is 5.75 Å². The minimum absolute atomic E-state index is 0.0488. The van der Waals surface area contributed by atoms with Crippen LogP contribution in [0.4, 0.5) is 5.69 Å². The molecule has 31 heavy (non-hydrogen) atoms. The number of hydrogen-bond acceptors (Lipinski definition) is 4. The third-order valence-corrected chi connectivity index (χ3v) is 4.62. The summed E-state index contributed by atoms with van der Waals surface area (Å²) < 4.78 is 11.0. The quantitative estimate of drug-likeness (QED) is 0.374. The summed E-state index contributed by atoms with van der Waals surface area (Å²) in [7, 11) is 0. The lowest BCUT2D eigenvalue weighted by Crippen LogP contribution is -2.10. The van der Waals surface area contributed by atoms with Crippen molar-refractivity contribution in [1.82, 2.24) is 10.1 Å². The Bertz CT molecular complexity index is 1160. The second kappa shape index (κ2) is 9.43. The van der Waals surface area contributed by atoms with Crippen LogP contribution >= 0.6 is 0 Å². The van der Waals surface area contributed by atoms with Crippen LogP contribution in [0.25, 0.3) is 22.5 Å². The van der Waals surface area contributed by atoms with Gasteiger partial charge in [-0.2, -0.15) is 0 Å². The maximum Gasteiger partial charge on any atom is 0.256 e. The molecule has 0 fully saturated rings. The van der Waals surface area contributed by atoms with Gasteiger partial charge in [0.25, 0.3) is 5.56 Å². The molecule has 0 spiro atoms. The molecule has 0 bridgehead atoms. The number of nitrogens with one attached hydrogen (secondary N) is 2. The van der Waals surface area contributed by atoms with Crippen molar-refractivity contribution >= 4 is 5.69 Å². The molecule has 0 atom stereocenters. The number of rotatable bonds is 4. The topological polar surface area (TPSA) is 97.0 Å². The Morgan fingerprint density at radius 3 is 2.13 bits per heavy atom. The van der Waals surface area contributed by atoms with Crippen molar-refractivity contribution in [3.8, 4) is 28.2 Å². The Morgan fingerprint density at radius 1 is 0.968 bits per heavy atom. The van der Waals surface area contributed by atoms with Crippen molar-refractivity contribution in [3.05, 3.63) is 81.9 Å². The Kier molecular flexibility index (Phi) is 6.70. The van der Waals surface area contributed by atoms with Crippen LogP contribution in [0, 0.1) is 20.8 Å². The SMILES string of the molecule is Cc1cc(C)cc(N)c1.Cc1cc[nH]c(=O)c1-c1cc(OC(C)C)cc(-c2c[nH]o2)c1. The number of anilines is 1. The van der Waals surface area contributed by atoms with E-state index in [-0.39, 0.29) is 11.7 Å². The number of aromatic nitrogens is 2. The van der Waals surface area contributed by atoms with Crippen LogP contribution in [-0.2, 0) is 0 Å². The lowest BCUT2D eigenvalue weighted by Gasteiger charge is -2.14. The van der Waals surface area contributed by atoms with E-state index in [0.29, 0.717) is 11.3 Å². The minimum atomic E-state index is -0.116. The third-order valence-electron chi connectivity index (χ3n) is 4.62. The summed E-state index contributed by atoms with van der Waals surface area (Å²) in [5, 5.41) is 2.63. The normalized spacial score (nSPS) is 10.6. The van der Waals surface area contributed by atoms with Crippen molar-refractivity contribution in [2.24, 2.45) is 0 Å². The van der Waals surface area contributed by atoms with Crippen molar-refractivity contribution in [2.75, 3.05) is 5.73 Å². The van der Waals surface area contributed by atoms with Crippen LogP contribution in [0.5, 0.6) is 5.75 Å². The van der Waals surface area contributed by atoms with E-state index in [4.69, 9.17) is 15.0 Å². The van der Waals surface area contributed by atoms with E-state index in [0.717, 1.165) is 28.1 Å². The number of nitrogens with two attached hydrogens (primary N) is 1. The molecule has 0 radical (unpaired) electrons. The van der Waals surface area contributed by atoms with Crippen molar-refractivity contribution in [3.63, 3.8) is 0 Å². The second-order valence-corrected chi connectivity index (χ2v) is 7.93. The fourth-order valence-corrected chi connectivity index (χ4v) is 3.43. The van der Waals surface area contributed by atoms with Crippen molar-refractivity contribution < 1.29 is 9.26 Å². The van der Waals surface area contributed by atoms with Crippen LogP contribution in [0.15, 0.2) is 64.2 Å². The number of H-pyrrole nitrogens is 2. The molecule has 0 aliphatic carbocycles. The van der Waals surface area contributed by atoms with E-state index in [9.17, 15) is 4.79 Å². The van der Waals surface area contributed by atoms with E-state index in [1.54, 1.807) is 12.4 Å². The summed E-state index contributed by atoms with van der Waals surface area (Å²) in [5.41, 5.74) is 12.0. The summed E-state index contributed by atoms with van der Waals surface area (Å²) in [5.74, 6) is 1.43. The van der Waals surface area contributed by atoms with Crippen LogP contribution in [-0.4, -0.2) is 16.2 Å². The summed E-state index contributed by atoms with van der Waals surface area (Å²) in [4.78, 5) is 14.9. The second-order valence-electron chi connectivity index (χ2n) is 7.93. The Hall–Kier alpha value is -3.67. The number of aryl methyl sites for hydroxylation is 3. The maximum atomic E-state index is 12.2. The molecule has 6 heteroatoms. The molecule has 6 nitrogen and oxygen atoms in total. The van der Waals surface area contributed by atoms with E-state index in [1.807, 2.05) is 71.0 Å². The molecular formula is C25H29N3O3. The molecule has 2 aromatic carbocycles. The van der Waals surface area contributed by atoms with Gasteiger partial charge in [-0.15, -0.1) is 0 Å². The molecule has 4 N–H and O–H groups in total. The summed E-state index contributed by atoms with van der Waals surface area (Å²) in [6.07, 6.45) is 3.46. The number of hydrogen-bond donors (Lipinski definition) is 3. The number of pyridine rings is 1. The first-order valence-corrected chi connectivity index (χ1v) is 10.2. The highest BCUT2D eigenvalue weighted by molar-refractivity contribution is 5.74. The molecule has 0 unspecified atom stereocenters. The molecule has 4 aromatic rings. The molecule has 0 saturated heterocycles. The molecule has 0 amide bonds. The van der Waals surface area contributed by atoms with Crippen LogP contribution < -0.4 is 16.0 Å². The maximum absolute atomic E-state index is 12.2. The lowest BCUT2D eigenvalue weighted by molar-refractivity contribution is 0.242. The van der Waals surface area contributed by atoms with Gasteiger partial charge in [0.05, 0.1) is 17.9 Å². The first-order chi connectivity index (χ1) is 14.7. The number of nitrogen functional groups attached to an aromatic ring is 1. The molecule has 0 aliphatic rings. The number of benzene rings is 2. The largest absolute Gasteiger partial charge is 0.491 e. The number of ether oxygens (including phenoxy) is 1. The minimum Gasteiger partial charge on any atom is -0.491 e. The van der Waals surface area contributed by atoms with Crippen LogP contribution in [0.2, 0.25) is 0 Å². The van der Waals surface area contributed by atoms with E-state index >= 15 is 0 Å². The Labute approximate surface area is 182 Å². The van der Waals surface area contributed by atoms with Gasteiger partial charge in [0.2, 0.25) is 0 Å². The molecule has 162 valence electrons. The predicted octanol–water partition coefficient (Wildman–Crippen LogP) is 5.61. The average Bonchev–Trinajstić information content (AvgIpc) is 2.58. The van der Waals surface area contributed by atoms with Crippen molar-refractivity contribution in [2.45, 2.75) is 40.7 Å². The molecular weight excluding hydrogens is 390 g/mol. The summed E-state index contributed by atoms with van der Waals surface area (Å²) in [6, 6.07) is 13.6.